The molecule has 0 N–H and O–H groups in total. The summed E-state index contributed by atoms with van der Waals surface area (Å²) in [6.07, 6.45) is 10.2. The van der Waals surface area contributed by atoms with Gasteiger partial charge in [0.05, 0.1) is 0 Å². The van der Waals surface area contributed by atoms with Crippen LogP contribution in [-0.4, -0.2) is 0 Å². The summed E-state index contributed by atoms with van der Waals surface area (Å²) in [5, 5.41) is 0. The van der Waals surface area contributed by atoms with Gasteiger partial charge in [0.15, 0.2) is 0 Å². The molecule has 12 heavy (non-hydrogen) atoms. The molecule has 0 rings (SSSR count). The van der Waals surface area contributed by atoms with Gasteiger partial charge in [0, 0.05) is 0 Å². The lowest BCUT2D eigenvalue weighted by Crippen LogP contribution is -2.18. The third-order valence-corrected chi connectivity index (χ3v) is 1.62. The summed E-state index contributed by atoms with van der Waals surface area (Å²) in [7, 11) is 0. The van der Waals surface area contributed by atoms with Crippen LogP contribution in [0.15, 0.2) is 12.2 Å². The summed E-state index contributed by atoms with van der Waals surface area (Å²) >= 11 is 0. The maximum atomic E-state index is 5.16. The molecule has 0 bridgehead atoms. The average molecular weight is 164 g/mol. The van der Waals surface area contributed by atoms with E-state index in [0.717, 1.165) is 6.42 Å². The van der Waals surface area contributed by atoms with E-state index in [0.29, 0.717) is 5.41 Å². The monoisotopic (exact) mass is 164 g/mol. The summed E-state index contributed by atoms with van der Waals surface area (Å²) in [5.74, 6) is 2.53. The number of hydrogen-bond donors (Lipinski definition) is 0. The minimum absolute atomic E-state index is 0.213. The lowest BCUT2D eigenvalue weighted by molar-refractivity contribution is 0.262. The molecule has 0 heterocycles. The van der Waals surface area contributed by atoms with Crippen molar-refractivity contribution in [2.45, 2.75) is 41.0 Å². The highest BCUT2D eigenvalue weighted by molar-refractivity contribution is 5.12. The van der Waals surface area contributed by atoms with Crippen molar-refractivity contribution in [1.29, 1.82) is 0 Å². The Balaban J connectivity index is 4.25. The van der Waals surface area contributed by atoms with E-state index in [1.165, 1.54) is 0 Å². The number of allylic oxidation sites excluding steroid dienone is 2. The van der Waals surface area contributed by atoms with Crippen molar-refractivity contribution in [3.05, 3.63) is 12.2 Å². The van der Waals surface area contributed by atoms with E-state index in [9.17, 15) is 0 Å². The van der Waals surface area contributed by atoms with Crippen LogP contribution < -0.4 is 0 Å². The Labute approximate surface area is 77.1 Å². The van der Waals surface area contributed by atoms with E-state index in [4.69, 9.17) is 6.42 Å². The fourth-order valence-electron chi connectivity index (χ4n) is 1.70. The van der Waals surface area contributed by atoms with Crippen molar-refractivity contribution in [3.63, 3.8) is 0 Å². The van der Waals surface area contributed by atoms with E-state index in [-0.39, 0.29) is 5.41 Å². The fraction of sp³-hybridized carbons (Fsp3) is 0.667. The lowest BCUT2D eigenvalue weighted by Gasteiger charge is -2.29. The van der Waals surface area contributed by atoms with Crippen LogP contribution >= 0.6 is 0 Å². The Bertz CT molecular complexity index is 193. The number of rotatable bonds is 2. The minimum atomic E-state index is 0.213. The SMILES string of the molecule is C#C/C=C\C(C)(C)CC(C)(C)C. The summed E-state index contributed by atoms with van der Waals surface area (Å²) < 4.78 is 0. The zero-order valence-electron chi connectivity index (χ0n) is 8.94. The first-order chi connectivity index (χ1) is 5.27. The van der Waals surface area contributed by atoms with Gasteiger partial charge in [0.1, 0.15) is 0 Å². The maximum Gasteiger partial charge on any atom is -0.0156 e. The second kappa shape index (κ2) is 3.81. The van der Waals surface area contributed by atoms with Crippen LogP contribution in [0.4, 0.5) is 0 Å². The summed E-state index contributed by atoms with van der Waals surface area (Å²) in [6.45, 7) is 11.2. The van der Waals surface area contributed by atoms with Crippen molar-refractivity contribution >= 4 is 0 Å². The molecule has 0 spiro atoms. The molecule has 0 aliphatic heterocycles. The first-order valence-corrected chi connectivity index (χ1v) is 4.41. The second-order valence-corrected chi connectivity index (χ2v) is 5.23. The molecule has 0 unspecified atom stereocenters. The van der Waals surface area contributed by atoms with Gasteiger partial charge in [-0.15, -0.1) is 6.42 Å². The molecule has 68 valence electrons. The molecule has 0 aromatic heterocycles. The largest absolute Gasteiger partial charge is 0.115 e. The highest BCUT2D eigenvalue weighted by Crippen LogP contribution is 2.33. The van der Waals surface area contributed by atoms with Crippen molar-refractivity contribution < 1.29 is 0 Å². The molecule has 0 radical (unpaired) electrons. The molecular weight excluding hydrogens is 144 g/mol. The highest BCUT2D eigenvalue weighted by atomic mass is 14.3. The van der Waals surface area contributed by atoms with Crippen molar-refractivity contribution in [1.82, 2.24) is 0 Å². The smallest absolute Gasteiger partial charge is 0.0156 e. The maximum absolute atomic E-state index is 5.16. The topological polar surface area (TPSA) is 0 Å². The van der Waals surface area contributed by atoms with Crippen LogP contribution in [0.1, 0.15) is 41.0 Å². The molecular formula is C12H20. The molecule has 0 saturated heterocycles. The molecule has 0 aromatic carbocycles. The zero-order valence-corrected chi connectivity index (χ0v) is 8.94. The van der Waals surface area contributed by atoms with Crippen molar-refractivity contribution in [2.75, 3.05) is 0 Å². The normalized spacial score (nSPS) is 13.3. The summed E-state index contributed by atoms with van der Waals surface area (Å²) in [6, 6.07) is 0. The Hall–Kier alpha value is -0.700. The molecule has 0 aliphatic rings. The van der Waals surface area contributed by atoms with E-state index < -0.39 is 0 Å². The lowest BCUT2D eigenvalue weighted by atomic mass is 9.76. The predicted octanol–water partition coefficient (Wildman–Crippen LogP) is 3.64. The number of hydrogen-bond acceptors (Lipinski definition) is 0. The van der Waals surface area contributed by atoms with Crippen LogP contribution in [0.3, 0.4) is 0 Å². The molecule has 0 amide bonds. The van der Waals surface area contributed by atoms with E-state index in [1.54, 1.807) is 6.08 Å². The summed E-state index contributed by atoms with van der Waals surface area (Å²) in [4.78, 5) is 0. The predicted molar refractivity (Wildman–Crippen MR) is 55.8 cm³/mol. The van der Waals surface area contributed by atoms with Crippen molar-refractivity contribution in [3.8, 4) is 12.3 Å². The van der Waals surface area contributed by atoms with E-state index >= 15 is 0 Å². The van der Waals surface area contributed by atoms with Crippen LogP contribution in [-0.2, 0) is 0 Å². The van der Waals surface area contributed by atoms with Crippen molar-refractivity contribution in [2.24, 2.45) is 10.8 Å². The molecule has 0 heteroatoms. The van der Waals surface area contributed by atoms with Crippen LogP contribution in [0, 0.1) is 23.2 Å². The van der Waals surface area contributed by atoms with Gasteiger partial charge in [-0.3, -0.25) is 0 Å². The Morgan fingerprint density at radius 2 is 1.67 bits per heavy atom. The minimum Gasteiger partial charge on any atom is -0.115 e. The van der Waals surface area contributed by atoms with E-state index in [2.05, 4.69) is 46.6 Å². The molecule has 0 atom stereocenters. The first kappa shape index (κ1) is 11.3. The van der Waals surface area contributed by atoms with Gasteiger partial charge >= 0.3 is 0 Å². The Morgan fingerprint density at radius 1 is 1.17 bits per heavy atom. The second-order valence-electron chi connectivity index (χ2n) is 5.23. The Kier molecular flexibility index (Phi) is 3.58. The quantitative estimate of drug-likeness (QED) is 0.547. The standard InChI is InChI=1S/C12H20/c1-7-8-9-12(5,6)10-11(2,3)4/h1,8-9H,10H2,2-6H3/b9-8-. The third kappa shape index (κ3) is 6.04. The number of terminal acetylenes is 1. The summed E-state index contributed by atoms with van der Waals surface area (Å²) in [5.41, 5.74) is 0.576. The zero-order chi connectivity index (χ0) is 9.83. The van der Waals surface area contributed by atoms with Gasteiger partial charge < -0.3 is 0 Å². The average Bonchev–Trinajstić information content (AvgIpc) is 1.78. The van der Waals surface area contributed by atoms with E-state index in [1.807, 2.05) is 0 Å². The molecule has 0 aromatic rings. The molecule has 0 aliphatic carbocycles. The van der Waals surface area contributed by atoms with Gasteiger partial charge in [0.25, 0.3) is 0 Å². The van der Waals surface area contributed by atoms with Gasteiger partial charge in [-0.05, 0) is 23.3 Å². The fourth-order valence-corrected chi connectivity index (χ4v) is 1.70. The van der Waals surface area contributed by atoms with Crippen LogP contribution in [0.5, 0.6) is 0 Å². The molecule has 0 fully saturated rings. The van der Waals surface area contributed by atoms with Gasteiger partial charge in [-0.25, -0.2) is 0 Å². The molecule has 0 saturated carbocycles. The Morgan fingerprint density at radius 3 is 2.00 bits per heavy atom. The molecule has 0 nitrogen and oxygen atoms in total. The first-order valence-electron chi connectivity index (χ1n) is 4.41. The van der Waals surface area contributed by atoms with Crippen LogP contribution in [0.2, 0.25) is 0 Å². The van der Waals surface area contributed by atoms with Gasteiger partial charge in [-0.2, -0.15) is 0 Å². The van der Waals surface area contributed by atoms with Gasteiger partial charge in [0.2, 0.25) is 0 Å². The third-order valence-electron chi connectivity index (χ3n) is 1.62. The van der Waals surface area contributed by atoms with Gasteiger partial charge in [-0.1, -0.05) is 46.6 Å². The highest BCUT2D eigenvalue weighted by Gasteiger charge is 2.22. The van der Waals surface area contributed by atoms with Crippen LogP contribution in [0.25, 0.3) is 0 Å².